The van der Waals surface area contributed by atoms with E-state index in [0.717, 1.165) is 6.42 Å². The molecule has 1 aromatic rings. The first-order valence-electron chi connectivity index (χ1n) is 7.15. The molecule has 2 N–H and O–H groups in total. The molecule has 0 bridgehead atoms. The van der Waals surface area contributed by atoms with Gasteiger partial charge in [-0.3, -0.25) is 4.79 Å². The highest BCUT2D eigenvalue weighted by molar-refractivity contribution is 5.81. The first-order valence-corrected chi connectivity index (χ1v) is 7.15. The van der Waals surface area contributed by atoms with Crippen molar-refractivity contribution in [2.24, 2.45) is 5.92 Å². The predicted octanol–water partition coefficient (Wildman–Crippen LogP) is 2.02. The van der Waals surface area contributed by atoms with E-state index in [9.17, 15) is 9.59 Å². The summed E-state index contributed by atoms with van der Waals surface area (Å²) in [4.78, 5) is 23.7. The average Bonchev–Trinajstić information content (AvgIpc) is 3.00. The van der Waals surface area contributed by atoms with Gasteiger partial charge in [0.05, 0.1) is 12.2 Å². The standard InChI is InChI=1S/C15H22N2O4/c1-15(2,3)21-14(19)17-9-11(12-5-4-8-20-12)10-6-7-16-13(10)18/h4-5,8,10-11H,6-7,9H2,1-3H3,(H,16,18)(H,17,19)/t10-,11+/m1/s1. The van der Waals surface area contributed by atoms with E-state index in [1.165, 1.54) is 0 Å². The van der Waals surface area contributed by atoms with E-state index >= 15 is 0 Å². The number of nitrogens with one attached hydrogen (secondary N) is 2. The van der Waals surface area contributed by atoms with Crippen molar-refractivity contribution in [1.29, 1.82) is 0 Å². The van der Waals surface area contributed by atoms with Crippen LogP contribution in [-0.4, -0.2) is 30.7 Å². The monoisotopic (exact) mass is 294 g/mol. The molecule has 2 atom stereocenters. The Balaban J connectivity index is 2.00. The molecule has 0 aliphatic carbocycles. The van der Waals surface area contributed by atoms with Crippen LogP contribution in [0.1, 0.15) is 38.9 Å². The molecule has 0 spiro atoms. The molecule has 1 aliphatic rings. The van der Waals surface area contributed by atoms with Crippen molar-refractivity contribution in [1.82, 2.24) is 10.6 Å². The van der Waals surface area contributed by atoms with Crippen molar-refractivity contribution >= 4 is 12.0 Å². The van der Waals surface area contributed by atoms with Gasteiger partial charge in [-0.05, 0) is 39.3 Å². The number of carbonyl (C=O) groups excluding carboxylic acids is 2. The zero-order valence-corrected chi connectivity index (χ0v) is 12.6. The Labute approximate surface area is 124 Å². The van der Waals surface area contributed by atoms with Gasteiger partial charge in [-0.2, -0.15) is 0 Å². The van der Waals surface area contributed by atoms with Gasteiger partial charge in [0.2, 0.25) is 5.91 Å². The maximum absolute atomic E-state index is 11.9. The number of alkyl carbamates (subject to hydrolysis) is 1. The van der Waals surface area contributed by atoms with E-state index in [4.69, 9.17) is 9.15 Å². The molecule has 2 amide bonds. The highest BCUT2D eigenvalue weighted by Gasteiger charge is 2.35. The summed E-state index contributed by atoms with van der Waals surface area (Å²) in [5.41, 5.74) is -0.547. The third-order valence-corrected chi connectivity index (χ3v) is 3.35. The molecule has 0 radical (unpaired) electrons. The van der Waals surface area contributed by atoms with Crippen LogP contribution >= 0.6 is 0 Å². The van der Waals surface area contributed by atoms with Gasteiger partial charge in [0.15, 0.2) is 0 Å². The van der Waals surface area contributed by atoms with Crippen molar-refractivity contribution in [2.75, 3.05) is 13.1 Å². The molecule has 0 unspecified atom stereocenters. The van der Waals surface area contributed by atoms with Crippen LogP contribution in [0, 0.1) is 5.92 Å². The van der Waals surface area contributed by atoms with Crippen LogP contribution in [0.3, 0.4) is 0 Å². The number of hydrogen-bond donors (Lipinski definition) is 2. The van der Waals surface area contributed by atoms with E-state index < -0.39 is 11.7 Å². The lowest BCUT2D eigenvalue weighted by molar-refractivity contribution is -0.123. The average molecular weight is 294 g/mol. The van der Waals surface area contributed by atoms with E-state index in [-0.39, 0.29) is 17.7 Å². The number of carbonyl (C=O) groups is 2. The van der Waals surface area contributed by atoms with Gasteiger partial charge in [0.25, 0.3) is 0 Å². The van der Waals surface area contributed by atoms with Crippen LogP contribution < -0.4 is 10.6 Å². The SMILES string of the molecule is CC(C)(C)OC(=O)NC[C@H](c1ccco1)[C@H]1CCNC1=O. The van der Waals surface area contributed by atoms with Crippen LogP contribution in [-0.2, 0) is 9.53 Å². The minimum Gasteiger partial charge on any atom is -0.469 e. The summed E-state index contributed by atoms with van der Waals surface area (Å²) in [6, 6.07) is 3.61. The minimum absolute atomic E-state index is 0.00221. The van der Waals surface area contributed by atoms with E-state index in [1.807, 2.05) is 6.07 Å². The maximum Gasteiger partial charge on any atom is 0.407 e. The zero-order valence-electron chi connectivity index (χ0n) is 12.6. The van der Waals surface area contributed by atoms with Crippen LogP contribution in [0.4, 0.5) is 4.79 Å². The third-order valence-electron chi connectivity index (χ3n) is 3.35. The molecule has 2 heterocycles. The maximum atomic E-state index is 11.9. The normalized spacial score (nSPS) is 20.0. The minimum atomic E-state index is -0.547. The molecular formula is C15H22N2O4. The zero-order chi connectivity index (χ0) is 15.5. The van der Waals surface area contributed by atoms with Gasteiger partial charge in [-0.25, -0.2) is 4.79 Å². The van der Waals surface area contributed by atoms with Crippen LogP contribution in [0.2, 0.25) is 0 Å². The molecule has 0 aromatic carbocycles. The van der Waals surface area contributed by atoms with Gasteiger partial charge in [0.1, 0.15) is 11.4 Å². The van der Waals surface area contributed by atoms with Crippen LogP contribution in [0.25, 0.3) is 0 Å². The van der Waals surface area contributed by atoms with Gasteiger partial charge >= 0.3 is 6.09 Å². The van der Waals surface area contributed by atoms with Crippen LogP contribution in [0.5, 0.6) is 0 Å². The van der Waals surface area contributed by atoms with Gasteiger partial charge in [-0.15, -0.1) is 0 Å². The van der Waals surface area contributed by atoms with E-state index in [1.54, 1.807) is 33.1 Å². The second-order valence-electron chi connectivity index (χ2n) is 6.19. The van der Waals surface area contributed by atoms with Gasteiger partial charge in [0, 0.05) is 19.0 Å². The highest BCUT2D eigenvalue weighted by Crippen LogP contribution is 2.29. The number of ether oxygens (including phenoxy) is 1. The number of rotatable bonds is 4. The molecule has 0 saturated carbocycles. The molecule has 1 saturated heterocycles. The molecule has 6 nitrogen and oxygen atoms in total. The molecule has 1 aromatic heterocycles. The van der Waals surface area contributed by atoms with E-state index in [2.05, 4.69) is 10.6 Å². The Hall–Kier alpha value is -1.98. The summed E-state index contributed by atoms with van der Waals surface area (Å²) >= 11 is 0. The second-order valence-corrected chi connectivity index (χ2v) is 6.19. The largest absolute Gasteiger partial charge is 0.469 e. The Bertz CT molecular complexity index is 490. The smallest absolute Gasteiger partial charge is 0.407 e. The fourth-order valence-corrected chi connectivity index (χ4v) is 2.45. The number of hydrogen-bond acceptors (Lipinski definition) is 4. The Morgan fingerprint density at radius 3 is 2.86 bits per heavy atom. The molecule has 116 valence electrons. The van der Waals surface area contributed by atoms with Crippen molar-refractivity contribution < 1.29 is 18.7 Å². The highest BCUT2D eigenvalue weighted by atomic mass is 16.6. The second kappa shape index (κ2) is 6.20. The fraction of sp³-hybridized carbons (Fsp3) is 0.600. The molecule has 1 aliphatic heterocycles. The lowest BCUT2D eigenvalue weighted by atomic mass is 9.89. The Morgan fingerprint density at radius 1 is 1.57 bits per heavy atom. The summed E-state index contributed by atoms with van der Waals surface area (Å²) in [6.45, 7) is 6.39. The van der Waals surface area contributed by atoms with Crippen molar-refractivity contribution in [3.05, 3.63) is 24.2 Å². The van der Waals surface area contributed by atoms with Crippen molar-refractivity contribution in [3.8, 4) is 0 Å². The van der Waals surface area contributed by atoms with Crippen molar-refractivity contribution in [3.63, 3.8) is 0 Å². The third kappa shape index (κ3) is 4.24. The molecule has 2 rings (SSSR count). The topological polar surface area (TPSA) is 80.6 Å². The first-order chi connectivity index (χ1) is 9.87. The molecule has 1 fully saturated rings. The fourth-order valence-electron chi connectivity index (χ4n) is 2.45. The molecular weight excluding hydrogens is 272 g/mol. The summed E-state index contributed by atoms with van der Waals surface area (Å²) in [7, 11) is 0. The van der Waals surface area contributed by atoms with Gasteiger partial charge < -0.3 is 19.8 Å². The number of amides is 2. The lowest BCUT2D eigenvalue weighted by Gasteiger charge is -2.23. The number of furan rings is 1. The van der Waals surface area contributed by atoms with Gasteiger partial charge in [-0.1, -0.05) is 0 Å². The summed E-state index contributed by atoms with van der Waals surface area (Å²) in [5.74, 6) is 0.330. The quantitative estimate of drug-likeness (QED) is 0.890. The predicted molar refractivity (Wildman–Crippen MR) is 76.8 cm³/mol. The lowest BCUT2D eigenvalue weighted by Crippen LogP contribution is -2.37. The Morgan fingerprint density at radius 2 is 2.33 bits per heavy atom. The summed E-state index contributed by atoms with van der Waals surface area (Å²) in [6.07, 6.45) is 1.82. The summed E-state index contributed by atoms with van der Waals surface area (Å²) < 4.78 is 10.6. The molecule has 6 heteroatoms. The van der Waals surface area contributed by atoms with E-state index in [0.29, 0.717) is 18.8 Å². The van der Waals surface area contributed by atoms with Crippen LogP contribution in [0.15, 0.2) is 22.8 Å². The molecule has 21 heavy (non-hydrogen) atoms. The summed E-state index contributed by atoms with van der Waals surface area (Å²) in [5, 5.41) is 5.54. The first kappa shape index (κ1) is 15.4. The Kier molecular flexibility index (Phi) is 4.55. The van der Waals surface area contributed by atoms with Crippen molar-refractivity contribution in [2.45, 2.75) is 38.7 Å².